The summed E-state index contributed by atoms with van der Waals surface area (Å²) < 4.78 is 25.1. The first-order valence-corrected chi connectivity index (χ1v) is 9.19. The number of aromatic nitrogens is 2. The third-order valence-corrected chi connectivity index (χ3v) is 5.23. The molecule has 1 aromatic heterocycles. The lowest BCUT2D eigenvalue weighted by molar-refractivity contribution is 0.592. The minimum atomic E-state index is -3.91. The van der Waals surface area contributed by atoms with Gasteiger partial charge < -0.3 is 0 Å². The first-order valence-electron chi connectivity index (χ1n) is 6.95. The van der Waals surface area contributed by atoms with Crippen LogP contribution in [0.25, 0.3) is 11.3 Å². The number of nitriles is 1. The largest absolute Gasteiger partial charge is 0.276 e. The maximum atomic E-state index is 12.5. The Labute approximate surface area is 154 Å². The van der Waals surface area contributed by atoms with E-state index in [9.17, 15) is 8.42 Å². The van der Waals surface area contributed by atoms with Gasteiger partial charge in [0.2, 0.25) is 0 Å². The van der Waals surface area contributed by atoms with E-state index in [4.69, 9.17) is 28.5 Å². The molecule has 0 fully saturated rings. The number of nitrogens with zero attached hydrogens (tertiary/aromatic N) is 3. The minimum Gasteiger partial charge on any atom is -0.200 e. The van der Waals surface area contributed by atoms with Crippen LogP contribution in [0.5, 0.6) is 0 Å². The van der Waals surface area contributed by atoms with E-state index in [0.717, 1.165) is 4.79 Å². The smallest absolute Gasteiger partial charge is 0.200 e. The Morgan fingerprint density at radius 1 is 1.04 bits per heavy atom. The van der Waals surface area contributed by atoms with Crippen LogP contribution in [0.3, 0.4) is 0 Å². The van der Waals surface area contributed by atoms with Crippen molar-refractivity contribution in [2.24, 2.45) is 0 Å². The zero-order valence-corrected chi connectivity index (χ0v) is 14.8. The molecule has 25 heavy (non-hydrogen) atoms. The Morgan fingerprint density at radius 2 is 1.68 bits per heavy atom. The predicted octanol–water partition coefficient (Wildman–Crippen LogP) is 3.66. The van der Waals surface area contributed by atoms with Crippen LogP contribution in [0, 0.1) is 11.3 Å². The molecule has 0 saturated heterocycles. The highest BCUT2D eigenvalue weighted by atomic mass is 35.5. The van der Waals surface area contributed by atoms with Gasteiger partial charge in [0, 0.05) is 10.6 Å². The van der Waals surface area contributed by atoms with Crippen molar-refractivity contribution in [3.05, 3.63) is 70.3 Å². The van der Waals surface area contributed by atoms with Crippen molar-refractivity contribution in [1.82, 2.24) is 9.89 Å². The molecule has 1 heterocycles. The molecule has 9 heteroatoms. The van der Waals surface area contributed by atoms with E-state index in [1.807, 2.05) is 6.07 Å². The standard InChI is InChI=1S/C16H10Cl2N4O2S/c17-12-8-6-11(7-9-12)16-15(18)14(10-19)20-22(16)21-25(23,24)13-4-2-1-3-5-13/h1-9,21H. The fraction of sp³-hybridized carbons (Fsp3) is 0. The third kappa shape index (κ3) is 3.46. The van der Waals surface area contributed by atoms with Crippen LogP contribution >= 0.6 is 23.2 Å². The maximum Gasteiger partial charge on any atom is 0.276 e. The zero-order valence-electron chi connectivity index (χ0n) is 12.5. The summed E-state index contributed by atoms with van der Waals surface area (Å²) in [6.45, 7) is 0. The number of nitrogens with one attached hydrogen (secondary N) is 1. The van der Waals surface area contributed by atoms with Gasteiger partial charge in [0.1, 0.15) is 16.8 Å². The second kappa shape index (κ2) is 6.76. The Morgan fingerprint density at radius 3 is 2.28 bits per heavy atom. The van der Waals surface area contributed by atoms with E-state index in [-0.39, 0.29) is 21.3 Å². The van der Waals surface area contributed by atoms with Crippen molar-refractivity contribution in [2.45, 2.75) is 4.90 Å². The molecule has 0 aliphatic rings. The van der Waals surface area contributed by atoms with E-state index >= 15 is 0 Å². The molecule has 0 aliphatic heterocycles. The molecule has 0 bridgehead atoms. The molecule has 0 radical (unpaired) electrons. The molecule has 0 unspecified atom stereocenters. The van der Waals surface area contributed by atoms with Crippen molar-refractivity contribution in [3.8, 4) is 17.3 Å². The Kier molecular flexibility index (Phi) is 4.68. The van der Waals surface area contributed by atoms with Gasteiger partial charge in [0.25, 0.3) is 10.0 Å². The fourth-order valence-electron chi connectivity index (χ4n) is 2.16. The number of halogens is 2. The molecule has 0 saturated carbocycles. The molecule has 0 spiro atoms. The Bertz CT molecular complexity index is 1060. The molecular formula is C16H10Cl2N4O2S. The van der Waals surface area contributed by atoms with E-state index in [0.29, 0.717) is 10.6 Å². The molecule has 6 nitrogen and oxygen atoms in total. The summed E-state index contributed by atoms with van der Waals surface area (Å²) in [7, 11) is -3.91. The van der Waals surface area contributed by atoms with Gasteiger partial charge in [-0.25, -0.2) is 0 Å². The van der Waals surface area contributed by atoms with Crippen LogP contribution in [0.1, 0.15) is 5.69 Å². The predicted molar refractivity (Wildman–Crippen MR) is 95.4 cm³/mol. The lowest BCUT2D eigenvalue weighted by Crippen LogP contribution is -2.25. The van der Waals surface area contributed by atoms with E-state index in [1.54, 1.807) is 42.5 Å². The van der Waals surface area contributed by atoms with Crippen molar-refractivity contribution in [1.29, 1.82) is 5.26 Å². The van der Waals surface area contributed by atoms with Gasteiger partial charge in [-0.2, -0.15) is 23.3 Å². The molecule has 0 aliphatic carbocycles. The van der Waals surface area contributed by atoms with Crippen molar-refractivity contribution in [2.75, 3.05) is 4.83 Å². The summed E-state index contributed by atoms with van der Waals surface area (Å²) in [4.78, 5) is 3.36. The highest BCUT2D eigenvalue weighted by Gasteiger charge is 2.22. The number of benzene rings is 2. The summed E-state index contributed by atoms with van der Waals surface area (Å²) in [6, 6.07) is 16.2. The van der Waals surface area contributed by atoms with Crippen molar-refractivity contribution < 1.29 is 8.42 Å². The number of hydrogen-bond acceptors (Lipinski definition) is 4. The van der Waals surface area contributed by atoms with Gasteiger partial charge >= 0.3 is 0 Å². The van der Waals surface area contributed by atoms with Gasteiger partial charge in [0.15, 0.2) is 5.69 Å². The maximum absolute atomic E-state index is 12.5. The van der Waals surface area contributed by atoms with Crippen LogP contribution in [-0.4, -0.2) is 18.3 Å². The van der Waals surface area contributed by atoms with Crippen LogP contribution in [0.4, 0.5) is 0 Å². The Balaban J connectivity index is 2.11. The highest BCUT2D eigenvalue weighted by Crippen LogP contribution is 2.31. The molecule has 3 aromatic rings. The molecule has 0 atom stereocenters. The van der Waals surface area contributed by atoms with Crippen LogP contribution in [0.15, 0.2) is 59.5 Å². The quantitative estimate of drug-likeness (QED) is 0.733. The SMILES string of the molecule is N#Cc1nn(NS(=O)(=O)c2ccccc2)c(-c2ccc(Cl)cc2)c1Cl. The zero-order chi connectivity index (χ0) is 18.0. The van der Waals surface area contributed by atoms with Crippen LogP contribution in [-0.2, 0) is 10.0 Å². The van der Waals surface area contributed by atoms with Crippen molar-refractivity contribution in [3.63, 3.8) is 0 Å². The Hall–Kier alpha value is -2.53. The summed E-state index contributed by atoms with van der Waals surface area (Å²) in [5.41, 5.74) is 0.705. The van der Waals surface area contributed by atoms with Crippen LogP contribution in [0.2, 0.25) is 10.0 Å². The van der Waals surface area contributed by atoms with Gasteiger partial charge in [-0.1, -0.05) is 53.5 Å². The van der Waals surface area contributed by atoms with E-state index < -0.39 is 10.0 Å². The lowest BCUT2D eigenvalue weighted by Gasteiger charge is -2.11. The topological polar surface area (TPSA) is 87.8 Å². The van der Waals surface area contributed by atoms with Gasteiger partial charge in [-0.3, -0.25) is 0 Å². The minimum absolute atomic E-state index is 0.0422. The second-order valence-corrected chi connectivity index (χ2v) is 7.42. The normalized spacial score (nSPS) is 11.1. The third-order valence-electron chi connectivity index (χ3n) is 3.31. The summed E-state index contributed by atoms with van der Waals surface area (Å²) in [6.07, 6.45) is 0. The molecule has 1 N–H and O–H groups in total. The van der Waals surface area contributed by atoms with Crippen molar-refractivity contribution >= 4 is 33.2 Å². The lowest BCUT2D eigenvalue weighted by atomic mass is 10.1. The first-order chi connectivity index (χ1) is 11.9. The summed E-state index contributed by atoms with van der Waals surface area (Å²) in [5.74, 6) is 0. The number of hydrogen-bond donors (Lipinski definition) is 1. The van der Waals surface area contributed by atoms with E-state index in [1.165, 1.54) is 12.1 Å². The van der Waals surface area contributed by atoms with Gasteiger partial charge in [-0.15, -0.1) is 5.10 Å². The first kappa shape index (κ1) is 17.3. The number of rotatable bonds is 4. The second-order valence-electron chi connectivity index (χ2n) is 4.95. The molecular weight excluding hydrogens is 383 g/mol. The fourth-order valence-corrected chi connectivity index (χ4v) is 3.54. The van der Waals surface area contributed by atoms with Gasteiger partial charge in [-0.05, 0) is 24.3 Å². The molecule has 0 amide bonds. The monoisotopic (exact) mass is 392 g/mol. The molecule has 2 aromatic carbocycles. The van der Waals surface area contributed by atoms with Gasteiger partial charge in [0.05, 0.1) is 4.90 Å². The summed E-state index contributed by atoms with van der Waals surface area (Å²) >= 11 is 12.1. The average molecular weight is 393 g/mol. The van der Waals surface area contributed by atoms with E-state index in [2.05, 4.69) is 9.93 Å². The van der Waals surface area contributed by atoms with Crippen LogP contribution < -0.4 is 4.83 Å². The highest BCUT2D eigenvalue weighted by molar-refractivity contribution is 7.92. The summed E-state index contributed by atoms with van der Waals surface area (Å²) in [5, 5.41) is 13.6. The molecule has 3 rings (SSSR count). The molecule has 126 valence electrons. The number of sulfonamides is 1. The average Bonchev–Trinajstić information content (AvgIpc) is 2.91.